The van der Waals surface area contributed by atoms with Gasteiger partial charge in [-0.2, -0.15) is 0 Å². The normalized spacial score (nSPS) is 29.1. The smallest absolute Gasteiger partial charge is 0.241 e. The lowest BCUT2D eigenvalue weighted by Crippen LogP contribution is -2.38. The molecule has 2 unspecified atom stereocenters. The van der Waals surface area contributed by atoms with Gasteiger partial charge in [0, 0.05) is 6.54 Å². The van der Waals surface area contributed by atoms with E-state index in [1.165, 1.54) is 25.7 Å². The summed E-state index contributed by atoms with van der Waals surface area (Å²) in [5.74, 6) is 1.62. The van der Waals surface area contributed by atoms with E-state index in [1.807, 2.05) is 0 Å². The molecule has 2 aliphatic rings. The second-order valence-corrected chi connectivity index (χ2v) is 6.31. The second kappa shape index (κ2) is 6.05. The summed E-state index contributed by atoms with van der Waals surface area (Å²) >= 11 is 0. The fourth-order valence-electron chi connectivity index (χ4n) is 3.06. The molecule has 0 radical (unpaired) electrons. The van der Waals surface area contributed by atoms with Crippen molar-refractivity contribution < 1.29 is 4.79 Å². The first kappa shape index (κ1) is 13.9. The first-order valence-electron chi connectivity index (χ1n) is 7.70. The first-order chi connectivity index (χ1) is 8.63. The average molecular weight is 252 g/mol. The Bertz CT molecular complexity index is 286. The molecule has 2 rings (SSSR count). The predicted molar refractivity (Wildman–Crippen MR) is 74.1 cm³/mol. The van der Waals surface area contributed by atoms with E-state index in [0.29, 0.717) is 11.8 Å². The van der Waals surface area contributed by atoms with Crippen LogP contribution >= 0.6 is 0 Å². The van der Waals surface area contributed by atoms with Crippen molar-refractivity contribution in [2.24, 2.45) is 11.8 Å². The molecular weight excluding hydrogens is 224 g/mol. The van der Waals surface area contributed by atoms with Crippen molar-refractivity contribution in [2.45, 2.75) is 71.5 Å². The third-order valence-corrected chi connectivity index (χ3v) is 4.53. The van der Waals surface area contributed by atoms with E-state index in [2.05, 4.69) is 31.0 Å². The number of rotatable bonds is 6. The standard InChI is InChI=1S/C15H28N2O/c1-4-6-13-16-14(11(2)3)15(18)17(13)10-9-12-7-5-8-12/h11-14,16H,4-10H2,1-3H3. The average Bonchev–Trinajstić information content (AvgIpc) is 2.56. The summed E-state index contributed by atoms with van der Waals surface area (Å²) in [5.41, 5.74) is 0. The maximum Gasteiger partial charge on any atom is 0.241 e. The Morgan fingerprint density at radius 3 is 2.56 bits per heavy atom. The van der Waals surface area contributed by atoms with Crippen molar-refractivity contribution in [1.29, 1.82) is 0 Å². The summed E-state index contributed by atoms with van der Waals surface area (Å²) in [6.45, 7) is 7.42. The Kier molecular flexibility index (Phi) is 4.66. The zero-order valence-corrected chi connectivity index (χ0v) is 12.1. The molecule has 1 saturated heterocycles. The Labute approximate surface area is 111 Å². The van der Waals surface area contributed by atoms with Crippen molar-refractivity contribution in [1.82, 2.24) is 10.2 Å². The van der Waals surface area contributed by atoms with E-state index < -0.39 is 0 Å². The van der Waals surface area contributed by atoms with Crippen molar-refractivity contribution in [3.63, 3.8) is 0 Å². The van der Waals surface area contributed by atoms with Gasteiger partial charge in [-0.3, -0.25) is 10.1 Å². The van der Waals surface area contributed by atoms with Crippen molar-refractivity contribution >= 4 is 5.91 Å². The van der Waals surface area contributed by atoms with Crippen molar-refractivity contribution in [3.8, 4) is 0 Å². The minimum absolute atomic E-state index is 0.0444. The van der Waals surface area contributed by atoms with Gasteiger partial charge >= 0.3 is 0 Å². The Balaban J connectivity index is 1.92. The molecule has 0 spiro atoms. The fourth-order valence-corrected chi connectivity index (χ4v) is 3.06. The molecular formula is C15H28N2O. The number of hydrogen-bond acceptors (Lipinski definition) is 2. The molecule has 3 heteroatoms. The van der Waals surface area contributed by atoms with Crippen LogP contribution in [0.4, 0.5) is 0 Å². The SMILES string of the molecule is CCCC1NC(C(C)C)C(=O)N1CCC1CCC1. The van der Waals surface area contributed by atoms with Gasteiger partial charge in [0.25, 0.3) is 0 Å². The quantitative estimate of drug-likeness (QED) is 0.788. The molecule has 1 aliphatic heterocycles. The monoisotopic (exact) mass is 252 g/mol. The number of carbonyl (C=O) groups is 1. The minimum atomic E-state index is 0.0444. The lowest BCUT2D eigenvalue weighted by atomic mass is 9.83. The maximum absolute atomic E-state index is 12.4. The lowest BCUT2D eigenvalue weighted by molar-refractivity contribution is -0.131. The highest BCUT2D eigenvalue weighted by Crippen LogP contribution is 2.30. The van der Waals surface area contributed by atoms with Crippen LogP contribution in [-0.2, 0) is 4.79 Å². The largest absolute Gasteiger partial charge is 0.326 e. The van der Waals surface area contributed by atoms with E-state index >= 15 is 0 Å². The Morgan fingerprint density at radius 2 is 2.06 bits per heavy atom. The van der Waals surface area contributed by atoms with E-state index in [-0.39, 0.29) is 12.2 Å². The Hall–Kier alpha value is -0.570. The third kappa shape index (κ3) is 2.87. The number of nitrogens with zero attached hydrogens (tertiary/aromatic N) is 1. The molecule has 1 saturated carbocycles. The van der Waals surface area contributed by atoms with Gasteiger partial charge in [0.2, 0.25) is 5.91 Å². The molecule has 2 atom stereocenters. The van der Waals surface area contributed by atoms with E-state index in [1.54, 1.807) is 0 Å². The van der Waals surface area contributed by atoms with Gasteiger partial charge in [0.1, 0.15) is 0 Å². The van der Waals surface area contributed by atoms with Crippen LogP contribution in [0.3, 0.4) is 0 Å². The molecule has 1 heterocycles. The molecule has 1 aliphatic carbocycles. The highest BCUT2D eigenvalue weighted by Gasteiger charge is 2.39. The maximum atomic E-state index is 12.4. The molecule has 18 heavy (non-hydrogen) atoms. The molecule has 2 fully saturated rings. The third-order valence-electron chi connectivity index (χ3n) is 4.53. The zero-order valence-electron chi connectivity index (χ0n) is 12.1. The zero-order chi connectivity index (χ0) is 13.1. The van der Waals surface area contributed by atoms with Gasteiger partial charge in [0.15, 0.2) is 0 Å². The fraction of sp³-hybridized carbons (Fsp3) is 0.933. The number of amides is 1. The van der Waals surface area contributed by atoms with Crippen LogP contribution in [0.2, 0.25) is 0 Å². The molecule has 0 aromatic heterocycles. The molecule has 104 valence electrons. The summed E-state index contributed by atoms with van der Waals surface area (Å²) in [7, 11) is 0. The summed E-state index contributed by atoms with van der Waals surface area (Å²) in [5, 5.41) is 3.53. The van der Waals surface area contributed by atoms with Gasteiger partial charge < -0.3 is 4.90 Å². The van der Waals surface area contributed by atoms with Gasteiger partial charge in [-0.1, -0.05) is 46.5 Å². The summed E-state index contributed by atoms with van der Waals surface area (Å²) < 4.78 is 0. The molecule has 3 nitrogen and oxygen atoms in total. The molecule has 0 aromatic carbocycles. The summed E-state index contributed by atoms with van der Waals surface area (Å²) in [6, 6.07) is 0.0444. The number of nitrogens with one attached hydrogen (secondary N) is 1. The topological polar surface area (TPSA) is 32.3 Å². The highest BCUT2D eigenvalue weighted by atomic mass is 16.2. The molecule has 1 amide bonds. The minimum Gasteiger partial charge on any atom is -0.326 e. The molecule has 0 bridgehead atoms. The molecule has 0 aromatic rings. The Morgan fingerprint density at radius 1 is 1.33 bits per heavy atom. The number of carbonyl (C=O) groups excluding carboxylic acids is 1. The van der Waals surface area contributed by atoms with Gasteiger partial charge in [-0.05, 0) is 24.7 Å². The van der Waals surface area contributed by atoms with Crippen LogP contribution in [0, 0.1) is 11.8 Å². The van der Waals surface area contributed by atoms with E-state index in [4.69, 9.17) is 0 Å². The summed E-state index contributed by atoms with van der Waals surface area (Å²) in [4.78, 5) is 14.5. The van der Waals surface area contributed by atoms with E-state index in [0.717, 1.165) is 25.3 Å². The summed E-state index contributed by atoms with van der Waals surface area (Å²) in [6.07, 6.45) is 7.86. The predicted octanol–water partition coefficient (Wildman–Crippen LogP) is 2.76. The molecule has 1 N–H and O–H groups in total. The first-order valence-corrected chi connectivity index (χ1v) is 7.70. The van der Waals surface area contributed by atoms with Crippen molar-refractivity contribution in [2.75, 3.05) is 6.54 Å². The van der Waals surface area contributed by atoms with Gasteiger partial charge in [0.05, 0.1) is 12.2 Å². The van der Waals surface area contributed by atoms with Crippen molar-refractivity contribution in [3.05, 3.63) is 0 Å². The van der Waals surface area contributed by atoms with Crippen LogP contribution in [0.15, 0.2) is 0 Å². The van der Waals surface area contributed by atoms with Crippen LogP contribution in [0.1, 0.15) is 59.3 Å². The van der Waals surface area contributed by atoms with Crippen LogP contribution < -0.4 is 5.32 Å². The second-order valence-electron chi connectivity index (χ2n) is 6.31. The van der Waals surface area contributed by atoms with Gasteiger partial charge in [-0.25, -0.2) is 0 Å². The van der Waals surface area contributed by atoms with Crippen LogP contribution in [0.5, 0.6) is 0 Å². The van der Waals surface area contributed by atoms with Crippen LogP contribution in [0.25, 0.3) is 0 Å². The highest BCUT2D eigenvalue weighted by molar-refractivity contribution is 5.84. The van der Waals surface area contributed by atoms with Crippen LogP contribution in [-0.4, -0.2) is 29.6 Å². The van der Waals surface area contributed by atoms with E-state index in [9.17, 15) is 4.79 Å². The number of hydrogen-bond donors (Lipinski definition) is 1. The van der Waals surface area contributed by atoms with Gasteiger partial charge in [-0.15, -0.1) is 0 Å². The lowest BCUT2D eigenvalue weighted by Gasteiger charge is -2.30.